The maximum Gasteiger partial charge on any atom is 0.364 e. The summed E-state index contributed by atoms with van der Waals surface area (Å²) < 4.78 is 12.8. The van der Waals surface area contributed by atoms with Crippen LogP contribution in [0.2, 0.25) is 0 Å². The Morgan fingerprint density at radius 1 is 1.47 bits per heavy atom. The van der Waals surface area contributed by atoms with Crippen molar-refractivity contribution >= 4 is 23.4 Å². The van der Waals surface area contributed by atoms with Crippen LogP contribution in [-0.2, 0) is 10.2 Å². The third-order valence-corrected chi connectivity index (χ3v) is 3.30. The van der Waals surface area contributed by atoms with E-state index < -0.39 is 11.8 Å². The van der Waals surface area contributed by atoms with Gasteiger partial charge in [0, 0.05) is 9.75 Å². The Kier molecular flexibility index (Phi) is 3.29. The second kappa shape index (κ2) is 4.14. The largest absolute Gasteiger partial charge is 0.476 e. The molecule has 0 saturated carbocycles. The second-order valence-electron chi connectivity index (χ2n) is 4.25. The van der Waals surface area contributed by atoms with E-state index in [0.717, 1.165) is 11.0 Å². The van der Waals surface area contributed by atoms with Crippen LogP contribution in [-0.4, -0.2) is 11.1 Å². The lowest BCUT2D eigenvalue weighted by molar-refractivity contribution is -0.134. The van der Waals surface area contributed by atoms with Gasteiger partial charge in [-0.3, -0.25) is 0 Å². The van der Waals surface area contributed by atoms with Crippen molar-refractivity contribution in [1.29, 1.82) is 0 Å². The molecule has 2 nitrogen and oxygen atoms in total. The summed E-state index contributed by atoms with van der Waals surface area (Å²) in [6, 6.07) is 3.62. The van der Waals surface area contributed by atoms with Crippen molar-refractivity contribution in [2.24, 2.45) is 0 Å². The summed E-state index contributed by atoms with van der Waals surface area (Å²) in [5.74, 6) is -2.65. The molecule has 0 unspecified atom stereocenters. The molecular formula is C11H13FO2S. The quantitative estimate of drug-likeness (QED) is 0.787. The monoisotopic (exact) mass is 228 g/mol. The molecule has 0 amide bonds. The molecule has 1 aromatic heterocycles. The van der Waals surface area contributed by atoms with E-state index >= 15 is 0 Å². The smallest absolute Gasteiger partial charge is 0.364 e. The van der Waals surface area contributed by atoms with E-state index in [1.807, 2.05) is 6.07 Å². The molecule has 82 valence electrons. The summed E-state index contributed by atoms with van der Waals surface area (Å²) in [4.78, 5) is 12.0. The second-order valence-corrected chi connectivity index (χ2v) is 5.36. The van der Waals surface area contributed by atoms with Crippen molar-refractivity contribution in [3.05, 3.63) is 27.7 Å². The first-order valence-corrected chi connectivity index (χ1v) is 5.33. The van der Waals surface area contributed by atoms with Crippen LogP contribution in [0, 0.1) is 0 Å². The fourth-order valence-corrected chi connectivity index (χ4v) is 2.01. The summed E-state index contributed by atoms with van der Waals surface area (Å²) in [6.07, 6.45) is 1.04. The molecule has 15 heavy (non-hydrogen) atoms. The minimum Gasteiger partial charge on any atom is -0.476 e. The highest BCUT2D eigenvalue weighted by Crippen LogP contribution is 2.30. The molecule has 0 atom stereocenters. The van der Waals surface area contributed by atoms with Gasteiger partial charge in [0.2, 0.25) is 5.83 Å². The topological polar surface area (TPSA) is 37.3 Å². The SMILES string of the molecule is CC(C)(C)c1ccc(/C=C(/F)C(=O)O)s1. The number of carboxylic acid groups (broad SMARTS) is 1. The van der Waals surface area contributed by atoms with E-state index in [2.05, 4.69) is 20.8 Å². The molecule has 1 heterocycles. The molecule has 0 spiro atoms. The van der Waals surface area contributed by atoms with Crippen molar-refractivity contribution in [1.82, 2.24) is 0 Å². The third-order valence-electron chi connectivity index (χ3n) is 1.84. The van der Waals surface area contributed by atoms with Crippen molar-refractivity contribution in [2.45, 2.75) is 26.2 Å². The molecule has 0 aliphatic rings. The van der Waals surface area contributed by atoms with Crippen LogP contribution in [0.15, 0.2) is 18.0 Å². The standard InChI is InChI=1S/C11H13FO2S/c1-11(2,3)9-5-4-7(15-9)6-8(12)10(13)14/h4-6H,1-3H3,(H,13,14)/b8-6+. The van der Waals surface area contributed by atoms with E-state index in [1.54, 1.807) is 6.07 Å². The maximum atomic E-state index is 12.8. The fourth-order valence-electron chi connectivity index (χ4n) is 1.02. The molecule has 0 aliphatic heterocycles. The molecule has 0 aromatic carbocycles. The van der Waals surface area contributed by atoms with E-state index in [4.69, 9.17) is 5.11 Å². The lowest BCUT2D eigenvalue weighted by Crippen LogP contribution is -2.07. The average molecular weight is 228 g/mol. The molecule has 0 bridgehead atoms. The van der Waals surface area contributed by atoms with E-state index in [0.29, 0.717) is 4.88 Å². The first kappa shape index (κ1) is 11.9. The molecule has 0 aliphatic carbocycles. The van der Waals surface area contributed by atoms with Crippen molar-refractivity contribution in [3.63, 3.8) is 0 Å². The highest BCUT2D eigenvalue weighted by atomic mass is 32.1. The molecule has 0 saturated heterocycles. The highest BCUT2D eigenvalue weighted by molar-refractivity contribution is 7.13. The number of thiophene rings is 1. The van der Waals surface area contributed by atoms with Gasteiger partial charge in [0.15, 0.2) is 0 Å². The number of rotatable bonds is 2. The summed E-state index contributed by atoms with van der Waals surface area (Å²) >= 11 is 1.41. The van der Waals surface area contributed by atoms with Gasteiger partial charge in [-0.15, -0.1) is 11.3 Å². The van der Waals surface area contributed by atoms with Crippen LogP contribution in [0.5, 0.6) is 0 Å². The third kappa shape index (κ3) is 3.16. The first-order valence-electron chi connectivity index (χ1n) is 4.51. The lowest BCUT2D eigenvalue weighted by atomic mass is 9.95. The Morgan fingerprint density at radius 2 is 2.07 bits per heavy atom. The van der Waals surface area contributed by atoms with Crippen molar-refractivity contribution in [3.8, 4) is 0 Å². The van der Waals surface area contributed by atoms with Gasteiger partial charge in [0.25, 0.3) is 0 Å². The number of aliphatic carboxylic acids is 1. The summed E-state index contributed by atoms with van der Waals surface area (Å²) in [7, 11) is 0. The maximum absolute atomic E-state index is 12.8. The van der Waals surface area contributed by atoms with Gasteiger partial charge in [-0.1, -0.05) is 20.8 Å². The van der Waals surface area contributed by atoms with Gasteiger partial charge in [-0.2, -0.15) is 4.39 Å². The Morgan fingerprint density at radius 3 is 2.47 bits per heavy atom. The zero-order valence-electron chi connectivity index (χ0n) is 8.87. The van der Waals surface area contributed by atoms with E-state index in [9.17, 15) is 9.18 Å². The zero-order valence-corrected chi connectivity index (χ0v) is 9.69. The first-order chi connectivity index (χ1) is 6.80. The molecule has 1 N–H and O–H groups in total. The van der Waals surface area contributed by atoms with Gasteiger partial charge in [-0.25, -0.2) is 4.79 Å². The van der Waals surface area contributed by atoms with Crippen LogP contribution < -0.4 is 0 Å². The fraction of sp³-hybridized carbons (Fsp3) is 0.364. The van der Waals surface area contributed by atoms with Crippen LogP contribution in [0.4, 0.5) is 4.39 Å². The highest BCUT2D eigenvalue weighted by Gasteiger charge is 2.16. The van der Waals surface area contributed by atoms with Gasteiger partial charge < -0.3 is 5.11 Å². The van der Waals surface area contributed by atoms with Crippen LogP contribution in [0.1, 0.15) is 30.5 Å². The van der Waals surface area contributed by atoms with E-state index in [1.165, 1.54) is 11.3 Å². The average Bonchev–Trinajstić information content (AvgIpc) is 2.51. The lowest BCUT2D eigenvalue weighted by Gasteiger charge is -2.15. The predicted octanol–water partition coefficient (Wildman–Crippen LogP) is 3.44. The van der Waals surface area contributed by atoms with Crippen LogP contribution in [0.3, 0.4) is 0 Å². The van der Waals surface area contributed by atoms with Crippen LogP contribution in [0.25, 0.3) is 6.08 Å². The summed E-state index contributed by atoms with van der Waals surface area (Å²) in [5.41, 5.74) is 0.0104. The minimum absolute atomic E-state index is 0.0104. The molecule has 0 radical (unpaired) electrons. The number of halogens is 1. The van der Waals surface area contributed by atoms with Gasteiger partial charge >= 0.3 is 5.97 Å². The van der Waals surface area contributed by atoms with Gasteiger partial charge in [0.05, 0.1) is 0 Å². The minimum atomic E-state index is -1.53. The number of carbonyl (C=O) groups is 1. The zero-order chi connectivity index (χ0) is 11.6. The molecule has 0 fully saturated rings. The Bertz CT molecular complexity index is 399. The summed E-state index contributed by atoms with van der Waals surface area (Å²) in [5, 5.41) is 8.37. The summed E-state index contributed by atoms with van der Waals surface area (Å²) in [6.45, 7) is 6.17. The van der Waals surface area contributed by atoms with Crippen LogP contribution >= 0.6 is 11.3 Å². The Balaban J connectivity index is 2.96. The Hall–Kier alpha value is -1.16. The number of carboxylic acids is 1. The van der Waals surface area contributed by atoms with Crippen molar-refractivity contribution < 1.29 is 14.3 Å². The molecule has 1 rings (SSSR count). The number of hydrogen-bond acceptors (Lipinski definition) is 2. The number of hydrogen-bond donors (Lipinski definition) is 1. The molecule has 4 heteroatoms. The molecule has 1 aromatic rings. The normalized spacial score (nSPS) is 12.9. The Labute approximate surface area is 92.1 Å². The van der Waals surface area contributed by atoms with E-state index in [-0.39, 0.29) is 5.41 Å². The van der Waals surface area contributed by atoms with Gasteiger partial charge in [-0.05, 0) is 23.6 Å². The van der Waals surface area contributed by atoms with Crippen molar-refractivity contribution in [2.75, 3.05) is 0 Å². The predicted molar refractivity (Wildman–Crippen MR) is 59.7 cm³/mol. The molecular weight excluding hydrogens is 215 g/mol. The van der Waals surface area contributed by atoms with Gasteiger partial charge in [0.1, 0.15) is 0 Å².